The normalized spacial score (nSPS) is 21.9. The molecule has 1 aliphatic heterocycles. The summed E-state index contributed by atoms with van der Waals surface area (Å²) in [7, 11) is 1.81. The highest BCUT2D eigenvalue weighted by atomic mass is 19.3. The quantitative estimate of drug-likeness (QED) is 0.536. The highest BCUT2D eigenvalue weighted by Crippen LogP contribution is 2.33. The molecule has 1 fully saturated rings. The van der Waals surface area contributed by atoms with Crippen LogP contribution in [0.25, 0.3) is 16.3 Å². The molecular weight excluding hydrogens is 406 g/mol. The SMILES string of the molecule is C/C=C(\Nc1cc2cc(C3=CN=C(C)C3)ccc2cn1)C1CCC(N(C)CC(F)F)CC1. The average Bonchev–Trinajstić information content (AvgIpc) is 3.23. The van der Waals surface area contributed by atoms with Crippen LogP contribution in [0, 0.1) is 5.92 Å². The molecule has 1 N–H and O–H groups in total. The summed E-state index contributed by atoms with van der Waals surface area (Å²) in [6.07, 6.45) is 8.51. The van der Waals surface area contributed by atoms with E-state index in [0.717, 1.165) is 54.4 Å². The summed E-state index contributed by atoms with van der Waals surface area (Å²) in [5.74, 6) is 1.25. The maximum absolute atomic E-state index is 12.7. The third-order valence-electron chi connectivity index (χ3n) is 6.75. The molecule has 0 atom stereocenters. The zero-order chi connectivity index (χ0) is 22.7. The summed E-state index contributed by atoms with van der Waals surface area (Å²) in [5, 5.41) is 5.80. The van der Waals surface area contributed by atoms with Gasteiger partial charge in [-0.15, -0.1) is 0 Å². The minimum Gasteiger partial charge on any atom is -0.344 e. The van der Waals surface area contributed by atoms with E-state index in [-0.39, 0.29) is 12.6 Å². The number of pyridine rings is 1. The summed E-state index contributed by atoms with van der Waals surface area (Å²) in [5.41, 5.74) is 4.77. The summed E-state index contributed by atoms with van der Waals surface area (Å²) >= 11 is 0. The number of alkyl halides is 2. The molecule has 6 heteroatoms. The van der Waals surface area contributed by atoms with Gasteiger partial charge in [0.2, 0.25) is 0 Å². The minimum absolute atomic E-state index is 0.143. The molecule has 1 aliphatic carbocycles. The molecule has 4 rings (SSSR count). The van der Waals surface area contributed by atoms with E-state index in [1.807, 2.05) is 31.3 Å². The Morgan fingerprint density at radius 3 is 2.62 bits per heavy atom. The Morgan fingerprint density at radius 2 is 1.97 bits per heavy atom. The van der Waals surface area contributed by atoms with E-state index in [1.54, 1.807) is 0 Å². The molecule has 2 aromatic rings. The molecule has 0 amide bonds. The Balaban J connectivity index is 1.43. The second-order valence-corrected chi connectivity index (χ2v) is 9.03. The first-order valence-electron chi connectivity index (χ1n) is 11.5. The van der Waals surface area contributed by atoms with Crippen molar-refractivity contribution in [1.29, 1.82) is 0 Å². The van der Waals surface area contributed by atoms with Crippen LogP contribution in [0.5, 0.6) is 0 Å². The monoisotopic (exact) mass is 438 g/mol. The highest BCUT2D eigenvalue weighted by Gasteiger charge is 2.27. The fraction of sp³-hybridized carbons (Fsp3) is 0.462. The molecule has 170 valence electrons. The minimum atomic E-state index is -2.27. The van der Waals surface area contributed by atoms with E-state index in [1.165, 1.54) is 16.8 Å². The zero-order valence-corrected chi connectivity index (χ0v) is 19.1. The number of aliphatic imine (C=N–C) groups is 1. The van der Waals surface area contributed by atoms with Crippen molar-refractivity contribution in [3.05, 3.63) is 54.0 Å². The number of hydrogen-bond acceptors (Lipinski definition) is 4. The molecule has 0 saturated heterocycles. The largest absolute Gasteiger partial charge is 0.344 e. The highest BCUT2D eigenvalue weighted by molar-refractivity contribution is 5.98. The summed E-state index contributed by atoms with van der Waals surface area (Å²) < 4.78 is 25.4. The summed E-state index contributed by atoms with van der Waals surface area (Å²) in [4.78, 5) is 10.8. The van der Waals surface area contributed by atoms with Gasteiger partial charge in [0.05, 0.1) is 6.54 Å². The van der Waals surface area contributed by atoms with Gasteiger partial charge < -0.3 is 5.32 Å². The molecule has 0 spiro atoms. The molecule has 1 aromatic heterocycles. The molecule has 1 aromatic carbocycles. The van der Waals surface area contributed by atoms with Crippen molar-refractivity contribution in [3.63, 3.8) is 0 Å². The van der Waals surface area contributed by atoms with Crippen molar-refractivity contribution < 1.29 is 8.78 Å². The van der Waals surface area contributed by atoms with Crippen molar-refractivity contribution in [2.24, 2.45) is 10.9 Å². The topological polar surface area (TPSA) is 40.5 Å². The number of allylic oxidation sites excluding steroid dienone is 3. The van der Waals surface area contributed by atoms with E-state index >= 15 is 0 Å². The Bertz CT molecular complexity index is 1050. The molecule has 4 nitrogen and oxygen atoms in total. The van der Waals surface area contributed by atoms with Gasteiger partial charge in [-0.05, 0) is 81.2 Å². The number of fused-ring (bicyclic) bond motifs is 1. The van der Waals surface area contributed by atoms with Crippen LogP contribution in [0.1, 0.15) is 51.5 Å². The summed E-state index contributed by atoms with van der Waals surface area (Å²) in [6, 6.07) is 8.81. The van der Waals surface area contributed by atoms with Crippen LogP contribution in [0.4, 0.5) is 14.6 Å². The smallest absolute Gasteiger partial charge is 0.251 e. The van der Waals surface area contributed by atoms with Gasteiger partial charge in [0, 0.05) is 41.7 Å². The van der Waals surface area contributed by atoms with Crippen molar-refractivity contribution in [3.8, 4) is 0 Å². The number of nitrogens with one attached hydrogen (secondary N) is 1. The van der Waals surface area contributed by atoms with Gasteiger partial charge in [0.25, 0.3) is 6.43 Å². The molecule has 2 heterocycles. The van der Waals surface area contributed by atoms with Crippen LogP contribution in [-0.2, 0) is 0 Å². The summed E-state index contributed by atoms with van der Waals surface area (Å²) in [6.45, 7) is 3.96. The third-order valence-corrected chi connectivity index (χ3v) is 6.75. The lowest BCUT2D eigenvalue weighted by molar-refractivity contribution is 0.0672. The molecule has 2 aliphatic rings. The van der Waals surface area contributed by atoms with Crippen molar-refractivity contribution in [2.75, 3.05) is 18.9 Å². The lowest BCUT2D eigenvalue weighted by Crippen LogP contribution is -2.38. The number of halogens is 2. The van der Waals surface area contributed by atoms with Crippen molar-refractivity contribution in [2.45, 2.75) is 58.4 Å². The third kappa shape index (κ3) is 5.23. The van der Waals surface area contributed by atoms with E-state index in [0.29, 0.717) is 5.92 Å². The van der Waals surface area contributed by atoms with Crippen LogP contribution in [-0.4, -0.2) is 41.7 Å². The first kappa shape index (κ1) is 22.6. The van der Waals surface area contributed by atoms with Crippen LogP contribution < -0.4 is 5.32 Å². The number of aromatic nitrogens is 1. The van der Waals surface area contributed by atoms with E-state index < -0.39 is 6.43 Å². The predicted molar refractivity (Wildman–Crippen MR) is 129 cm³/mol. The average molecular weight is 439 g/mol. The molecule has 1 saturated carbocycles. The second-order valence-electron chi connectivity index (χ2n) is 9.03. The lowest BCUT2D eigenvalue weighted by Gasteiger charge is -2.35. The van der Waals surface area contributed by atoms with Crippen LogP contribution >= 0.6 is 0 Å². The van der Waals surface area contributed by atoms with Crippen molar-refractivity contribution in [1.82, 2.24) is 9.88 Å². The van der Waals surface area contributed by atoms with E-state index in [9.17, 15) is 8.78 Å². The van der Waals surface area contributed by atoms with Crippen LogP contribution in [0.3, 0.4) is 0 Å². The number of hydrogen-bond donors (Lipinski definition) is 1. The van der Waals surface area contributed by atoms with E-state index in [2.05, 4.69) is 52.6 Å². The van der Waals surface area contributed by atoms with Crippen LogP contribution in [0.15, 0.2) is 53.4 Å². The predicted octanol–water partition coefficient (Wildman–Crippen LogP) is 6.51. The fourth-order valence-electron chi connectivity index (χ4n) is 4.89. The molecule has 0 unspecified atom stereocenters. The number of nitrogens with zero attached hydrogens (tertiary/aromatic N) is 3. The fourth-order valence-corrected chi connectivity index (χ4v) is 4.89. The Hall–Kier alpha value is -2.60. The van der Waals surface area contributed by atoms with Gasteiger partial charge in [-0.2, -0.15) is 0 Å². The van der Waals surface area contributed by atoms with Crippen molar-refractivity contribution >= 4 is 27.9 Å². The Labute approximate surface area is 189 Å². The molecular formula is C26H32F2N4. The zero-order valence-electron chi connectivity index (χ0n) is 19.1. The molecule has 0 radical (unpaired) electrons. The number of benzene rings is 1. The first-order valence-corrected chi connectivity index (χ1v) is 11.5. The lowest BCUT2D eigenvalue weighted by atomic mass is 9.83. The van der Waals surface area contributed by atoms with Gasteiger partial charge in [-0.1, -0.05) is 18.2 Å². The Morgan fingerprint density at radius 1 is 1.19 bits per heavy atom. The van der Waals surface area contributed by atoms with Gasteiger partial charge in [-0.3, -0.25) is 9.89 Å². The first-order chi connectivity index (χ1) is 15.4. The second kappa shape index (κ2) is 9.90. The van der Waals surface area contributed by atoms with Gasteiger partial charge in [-0.25, -0.2) is 13.8 Å². The standard InChI is InChI=1S/C26H32F2N4/c1-4-24(18-7-9-23(10-8-18)32(3)16-25(27)28)31-26-13-21-12-19(5-6-20(21)14-30-26)22-11-17(2)29-15-22/h4-6,12-15,18,23,25H,7-11,16H2,1-3H3,(H,30,31)/b24-4-. The number of rotatable bonds is 7. The van der Waals surface area contributed by atoms with Gasteiger partial charge >= 0.3 is 0 Å². The van der Waals surface area contributed by atoms with Gasteiger partial charge in [0.15, 0.2) is 0 Å². The van der Waals surface area contributed by atoms with Gasteiger partial charge in [0.1, 0.15) is 5.82 Å². The van der Waals surface area contributed by atoms with Crippen LogP contribution in [0.2, 0.25) is 0 Å². The number of anilines is 1. The van der Waals surface area contributed by atoms with E-state index in [4.69, 9.17) is 0 Å². The maximum Gasteiger partial charge on any atom is 0.251 e. The molecule has 32 heavy (non-hydrogen) atoms. The molecule has 0 bridgehead atoms. The maximum atomic E-state index is 12.7. The Kier molecular flexibility index (Phi) is 6.99.